The van der Waals surface area contributed by atoms with E-state index in [-0.39, 0.29) is 18.1 Å². The molecule has 2 aromatic rings. The molecule has 26 heavy (non-hydrogen) atoms. The standard InChI is InChI=1S/C19H17BrClN3O2/c20-13-2-8-18(23-11-13)19(25)24-14-3-6-15(7-4-14)26-16-5-1-12(10-22)17(21)9-16/h1-2,5,8-9,11,14-15H,3-4,6-7H2,(H,24,25). The molecule has 7 heteroatoms. The van der Waals surface area contributed by atoms with Crippen LogP contribution in [-0.2, 0) is 0 Å². The van der Waals surface area contributed by atoms with Gasteiger partial charge < -0.3 is 10.1 Å². The maximum atomic E-state index is 12.2. The fourth-order valence-corrected chi connectivity index (χ4v) is 3.39. The summed E-state index contributed by atoms with van der Waals surface area (Å²) in [6.45, 7) is 0. The van der Waals surface area contributed by atoms with Crippen molar-refractivity contribution in [3.63, 3.8) is 0 Å². The molecule has 1 aromatic heterocycles. The summed E-state index contributed by atoms with van der Waals surface area (Å²) in [5.41, 5.74) is 0.853. The monoisotopic (exact) mass is 433 g/mol. The highest BCUT2D eigenvalue weighted by atomic mass is 79.9. The number of rotatable bonds is 4. The number of amides is 1. The van der Waals surface area contributed by atoms with Crippen LogP contribution >= 0.6 is 27.5 Å². The van der Waals surface area contributed by atoms with Gasteiger partial charge in [-0.1, -0.05) is 11.6 Å². The number of hydrogen-bond donors (Lipinski definition) is 1. The summed E-state index contributed by atoms with van der Waals surface area (Å²) in [6, 6.07) is 10.7. The Hall–Kier alpha value is -2.10. The molecule has 1 fully saturated rings. The molecule has 3 rings (SSSR count). The second kappa shape index (κ2) is 8.52. The Morgan fingerprint density at radius 3 is 2.65 bits per heavy atom. The topological polar surface area (TPSA) is 75.0 Å². The van der Waals surface area contributed by atoms with Crippen molar-refractivity contribution in [1.82, 2.24) is 10.3 Å². The second-order valence-corrected chi connectivity index (χ2v) is 7.50. The molecule has 1 saturated carbocycles. The lowest BCUT2D eigenvalue weighted by molar-refractivity contribution is 0.0889. The maximum absolute atomic E-state index is 12.2. The summed E-state index contributed by atoms with van der Waals surface area (Å²) in [5.74, 6) is 0.515. The second-order valence-electron chi connectivity index (χ2n) is 6.18. The van der Waals surface area contributed by atoms with Crippen LogP contribution in [0.4, 0.5) is 0 Å². The third-order valence-electron chi connectivity index (χ3n) is 4.33. The van der Waals surface area contributed by atoms with Crippen LogP contribution in [-0.4, -0.2) is 23.0 Å². The molecule has 1 N–H and O–H groups in total. The zero-order valence-corrected chi connectivity index (χ0v) is 16.3. The first-order valence-electron chi connectivity index (χ1n) is 8.34. The Morgan fingerprint density at radius 1 is 1.27 bits per heavy atom. The number of carbonyl (C=O) groups excluding carboxylic acids is 1. The molecular weight excluding hydrogens is 418 g/mol. The highest BCUT2D eigenvalue weighted by Crippen LogP contribution is 2.27. The van der Waals surface area contributed by atoms with E-state index in [4.69, 9.17) is 21.6 Å². The minimum Gasteiger partial charge on any atom is -0.490 e. The summed E-state index contributed by atoms with van der Waals surface area (Å²) in [4.78, 5) is 16.4. The Bertz CT molecular complexity index is 828. The fourth-order valence-electron chi connectivity index (χ4n) is 2.95. The first-order chi connectivity index (χ1) is 12.5. The van der Waals surface area contributed by atoms with Crippen molar-refractivity contribution in [2.24, 2.45) is 0 Å². The summed E-state index contributed by atoms with van der Waals surface area (Å²) in [5, 5.41) is 12.3. The Kier molecular flexibility index (Phi) is 6.12. The average Bonchev–Trinajstić information content (AvgIpc) is 2.64. The first kappa shape index (κ1) is 18.7. The lowest BCUT2D eigenvalue weighted by Gasteiger charge is -2.29. The molecule has 0 bridgehead atoms. The van der Waals surface area contributed by atoms with Gasteiger partial charge in [0.15, 0.2) is 0 Å². The summed E-state index contributed by atoms with van der Waals surface area (Å²) < 4.78 is 6.80. The molecule has 1 aromatic carbocycles. The van der Waals surface area contributed by atoms with Gasteiger partial charge in [-0.3, -0.25) is 4.79 Å². The van der Waals surface area contributed by atoms with Gasteiger partial charge in [0.1, 0.15) is 17.5 Å². The number of aromatic nitrogens is 1. The lowest BCUT2D eigenvalue weighted by Crippen LogP contribution is -2.40. The van der Waals surface area contributed by atoms with Crippen molar-refractivity contribution in [2.45, 2.75) is 37.8 Å². The number of nitrogens with zero attached hydrogens (tertiary/aromatic N) is 2. The number of carbonyl (C=O) groups is 1. The SMILES string of the molecule is N#Cc1ccc(OC2CCC(NC(=O)c3ccc(Br)cn3)CC2)cc1Cl. The van der Waals surface area contributed by atoms with Crippen LogP contribution in [0.2, 0.25) is 5.02 Å². The van der Waals surface area contributed by atoms with E-state index in [0.717, 1.165) is 30.2 Å². The van der Waals surface area contributed by atoms with Crippen LogP contribution in [0.3, 0.4) is 0 Å². The van der Waals surface area contributed by atoms with E-state index in [1.165, 1.54) is 0 Å². The number of halogens is 2. The molecule has 134 valence electrons. The van der Waals surface area contributed by atoms with Gasteiger partial charge in [0.2, 0.25) is 0 Å². The molecule has 5 nitrogen and oxygen atoms in total. The smallest absolute Gasteiger partial charge is 0.270 e. The minimum absolute atomic E-state index is 0.0814. The van der Waals surface area contributed by atoms with Crippen LogP contribution in [0.1, 0.15) is 41.7 Å². The zero-order valence-electron chi connectivity index (χ0n) is 13.9. The fraction of sp³-hybridized carbons (Fsp3) is 0.316. The van der Waals surface area contributed by atoms with E-state index < -0.39 is 0 Å². The van der Waals surface area contributed by atoms with E-state index in [0.29, 0.717) is 22.0 Å². The van der Waals surface area contributed by atoms with E-state index in [9.17, 15) is 4.79 Å². The van der Waals surface area contributed by atoms with Crippen LogP contribution in [0.5, 0.6) is 5.75 Å². The highest BCUT2D eigenvalue weighted by molar-refractivity contribution is 9.10. The molecule has 0 aliphatic heterocycles. The molecule has 0 unspecified atom stereocenters. The number of ether oxygens (including phenoxy) is 1. The molecule has 1 heterocycles. The molecule has 1 amide bonds. The number of pyridine rings is 1. The molecule has 1 aliphatic carbocycles. The third kappa shape index (κ3) is 4.75. The number of nitriles is 1. The van der Waals surface area contributed by atoms with E-state index >= 15 is 0 Å². The summed E-state index contributed by atoms with van der Waals surface area (Å²) >= 11 is 9.34. The van der Waals surface area contributed by atoms with Crippen LogP contribution in [0.15, 0.2) is 41.0 Å². The van der Waals surface area contributed by atoms with Gasteiger partial charge in [-0.2, -0.15) is 5.26 Å². The molecule has 1 aliphatic rings. The maximum Gasteiger partial charge on any atom is 0.270 e. The molecular formula is C19H17BrClN3O2. The predicted molar refractivity (Wildman–Crippen MR) is 102 cm³/mol. The Morgan fingerprint density at radius 2 is 2.04 bits per heavy atom. The van der Waals surface area contributed by atoms with Crippen molar-refractivity contribution in [3.8, 4) is 11.8 Å². The lowest BCUT2D eigenvalue weighted by atomic mass is 9.92. The van der Waals surface area contributed by atoms with Crippen LogP contribution in [0.25, 0.3) is 0 Å². The normalized spacial score (nSPS) is 19.4. The van der Waals surface area contributed by atoms with Gasteiger partial charge in [-0.25, -0.2) is 4.98 Å². The van der Waals surface area contributed by atoms with E-state index in [1.54, 1.807) is 36.5 Å². The van der Waals surface area contributed by atoms with E-state index in [2.05, 4.69) is 26.2 Å². The van der Waals surface area contributed by atoms with Gasteiger partial charge in [0.05, 0.1) is 16.7 Å². The minimum atomic E-state index is -0.152. The van der Waals surface area contributed by atoms with Crippen molar-refractivity contribution >= 4 is 33.4 Å². The van der Waals surface area contributed by atoms with Gasteiger partial charge in [0.25, 0.3) is 5.91 Å². The third-order valence-corrected chi connectivity index (χ3v) is 5.11. The molecule has 0 saturated heterocycles. The summed E-state index contributed by atoms with van der Waals surface area (Å²) in [7, 11) is 0. The van der Waals surface area contributed by atoms with Gasteiger partial charge in [-0.15, -0.1) is 0 Å². The zero-order chi connectivity index (χ0) is 18.5. The average molecular weight is 435 g/mol. The molecule has 0 spiro atoms. The van der Waals surface area contributed by atoms with Crippen molar-refractivity contribution < 1.29 is 9.53 Å². The summed E-state index contributed by atoms with van der Waals surface area (Å²) in [6.07, 6.45) is 5.07. The van der Waals surface area contributed by atoms with Crippen LogP contribution in [0, 0.1) is 11.3 Å². The largest absolute Gasteiger partial charge is 0.490 e. The molecule has 0 radical (unpaired) electrons. The highest BCUT2D eigenvalue weighted by Gasteiger charge is 2.24. The van der Waals surface area contributed by atoms with Crippen molar-refractivity contribution in [1.29, 1.82) is 5.26 Å². The number of hydrogen-bond acceptors (Lipinski definition) is 4. The predicted octanol–water partition coefficient (Wildman–Crippen LogP) is 4.49. The van der Waals surface area contributed by atoms with E-state index in [1.807, 2.05) is 6.07 Å². The Labute approximate surface area is 165 Å². The number of nitrogens with one attached hydrogen (secondary N) is 1. The number of benzene rings is 1. The van der Waals surface area contributed by atoms with Gasteiger partial charge >= 0.3 is 0 Å². The van der Waals surface area contributed by atoms with Gasteiger partial charge in [-0.05, 0) is 65.9 Å². The van der Waals surface area contributed by atoms with Crippen molar-refractivity contribution in [3.05, 3.63) is 57.3 Å². The first-order valence-corrected chi connectivity index (χ1v) is 9.51. The molecule has 0 atom stereocenters. The Balaban J connectivity index is 1.49. The van der Waals surface area contributed by atoms with Crippen LogP contribution < -0.4 is 10.1 Å². The van der Waals surface area contributed by atoms with Crippen molar-refractivity contribution in [2.75, 3.05) is 0 Å². The van der Waals surface area contributed by atoms with Gasteiger partial charge in [0, 0.05) is 22.8 Å². The quantitative estimate of drug-likeness (QED) is 0.769.